The van der Waals surface area contributed by atoms with E-state index in [1.165, 1.54) is 31.7 Å². The molecule has 1 N–H and O–H groups in total. The van der Waals surface area contributed by atoms with Crippen molar-refractivity contribution in [3.63, 3.8) is 0 Å². The van der Waals surface area contributed by atoms with Gasteiger partial charge < -0.3 is 5.32 Å². The minimum absolute atomic E-state index is 0.125. The Balaban J connectivity index is 1.73. The normalized spacial score (nSPS) is 33.3. The number of fused-ring (bicyclic) bond motifs is 2. The van der Waals surface area contributed by atoms with E-state index in [0.29, 0.717) is 11.7 Å². The van der Waals surface area contributed by atoms with Gasteiger partial charge in [0.2, 0.25) is 0 Å². The molecule has 1 nitrogen and oxygen atoms in total. The average molecular weight is 205 g/mol. The summed E-state index contributed by atoms with van der Waals surface area (Å²) in [7, 11) is 0. The number of para-hydroxylation sites is 1. The van der Waals surface area contributed by atoms with Crippen molar-refractivity contribution < 1.29 is 4.39 Å². The quantitative estimate of drug-likeness (QED) is 0.780. The van der Waals surface area contributed by atoms with Gasteiger partial charge in [0, 0.05) is 6.04 Å². The Labute approximate surface area is 89.7 Å². The molecule has 1 aromatic carbocycles. The minimum Gasteiger partial charge on any atom is -0.380 e. The van der Waals surface area contributed by atoms with Crippen LogP contribution in [0.5, 0.6) is 0 Å². The van der Waals surface area contributed by atoms with Crippen molar-refractivity contribution in [1.82, 2.24) is 0 Å². The average Bonchev–Trinajstić information content (AvgIpc) is 2.83. The van der Waals surface area contributed by atoms with E-state index >= 15 is 0 Å². The summed E-state index contributed by atoms with van der Waals surface area (Å²) in [6.07, 6.45) is 5.31. The molecule has 2 heteroatoms. The number of hydrogen-bond acceptors (Lipinski definition) is 1. The highest BCUT2D eigenvalue weighted by Gasteiger charge is 2.39. The van der Waals surface area contributed by atoms with Crippen LogP contribution in [0.1, 0.15) is 25.7 Å². The van der Waals surface area contributed by atoms with Crippen molar-refractivity contribution in [2.75, 3.05) is 5.32 Å². The molecule has 2 aliphatic carbocycles. The van der Waals surface area contributed by atoms with Gasteiger partial charge in [-0.2, -0.15) is 0 Å². The molecule has 0 spiro atoms. The van der Waals surface area contributed by atoms with E-state index < -0.39 is 0 Å². The van der Waals surface area contributed by atoms with Crippen LogP contribution in [-0.2, 0) is 0 Å². The van der Waals surface area contributed by atoms with Gasteiger partial charge in [-0.25, -0.2) is 4.39 Å². The van der Waals surface area contributed by atoms with Gasteiger partial charge in [0.05, 0.1) is 5.69 Å². The van der Waals surface area contributed by atoms with Gasteiger partial charge in [0.15, 0.2) is 0 Å². The van der Waals surface area contributed by atoms with Gasteiger partial charge in [-0.3, -0.25) is 0 Å². The zero-order valence-corrected chi connectivity index (χ0v) is 8.75. The van der Waals surface area contributed by atoms with Crippen molar-refractivity contribution in [2.24, 2.45) is 11.8 Å². The first-order chi connectivity index (χ1) is 7.33. The molecular formula is C13H16FN. The Morgan fingerprint density at radius 1 is 1.13 bits per heavy atom. The van der Waals surface area contributed by atoms with Crippen LogP contribution in [0.3, 0.4) is 0 Å². The van der Waals surface area contributed by atoms with Crippen LogP contribution >= 0.6 is 0 Å². The molecule has 2 fully saturated rings. The molecule has 0 unspecified atom stereocenters. The molecule has 15 heavy (non-hydrogen) atoms. The molecule has 0 radical (unpaired) electrons. The van der Waals surface area contributed by atoms with Crippen LogP contribution in [0.2, 0.25) is 0 Å². The van der Waals surface area contributed by atoms with Gasteiger partial charge in [0.1, 0.15) is 5.82 Å². The van der Waals surface area contributed by atoms with Gasteiger partial charge in [-0.15, -0.1) is 0 Å². The Hall–Kier alpha value is -1.05. The maximum absolute atomic E-state index is 13.4. The summed E-state index contributed by atoms with van der Waals surface area (Å²) < 4.78 is 13.4. The van der Waals surface area contributed by atoms with Gasteiger partial charge in [-0.05, 0) is 43.2 Å². The molecule has 80 valence electrons. The predicted molar refractivity (Wildman–Crippen MR) is 59.3 cm³/mol. The molecule has 3 rings (SSSR count). The van der Waals surface area contributed by atoms with E-state index in [1.807, 2.05) is 12.1 Å². The molecule has 0 aliphatic heterocycles. The zero-order chi connectivity index (χ0) is 10.3. The fourth-order valence-electron chi connectivity index (χ4n) is 3.20. The molecule has 2 bridgehead atoms. The maximum atomic E-state index is 13.4. The van der Waals surface area contributed by atoms with Crippen molar-refractivity contribution in [3.8, 4) is 0 Å². The van der Waals surface area contributed by atoms with Crippen LogP contribution in [-0.4, -0.2) is 6.04 Å². The molecule has 0 amide bonds. The highest BCUT2D eigenvalue weighted by Crippen LogP contribution is 2.45. The minimum atomic E-state index is -0.125. The van der Waals surface area contributed by atoms with Crippen LogP contribution in [0.4, 0.5) is 10.1 Å². The van der Waals surface area contributed by atoms with E-state index in [1.54, 1.807) is 6.07 Å². The number of benzene rings is 1. The third-order valence-corrected chi connectivity index (χ3v) is 3.95. The third kappa shape index (κ3) is 1.62. The third-order valence-electron chi connectivity index (χ3n) is 3.95. The van der Waals surface area contributed by atoms with E-state index in [4.69, 9.17) is 0 Å². The molecule has 0 aromatic heterocycles. The fraction of sp³-hybridized carbons (Fsp3) is 0.538. The molecule has 2 saturated carbocycles. The van der Waals surface area contributed by atoms with E-state index in [9.17, 15) is 4.39 Å². The Kier molecular flexibility index (Phi) is 2.15. The Bertz CT molecular complexity index is 363. The van der Waals surface area contributed by atoms with Crippen LogP contribution in [0.15, 0.2) is 24.3 Å². The summed E-state index contributed by atoms with van der Waals surface area (Å²) in [6, 6.07) is 7.50. The molecular weight excluding hydrogens is 189 g/mol. The van der Waals surface area contributed by atoms with Gasteiger partial charge in [-0.1, -0.05) is 18.6 Å². The maximum Gasteiger partial charge on any atom is 0.146 e. The van der Waals surface area contributed by atoms with Crippen molar-refractivity contribution in [1.29, 1.82) is 0 Å². The number of anilines is 1. The highest BCUT2D eigenvalue weighted by molar-refractivity contribution is 5.45. The fourth-order valence-corrected chi connectivity index (χ4v) is 3.20. The largest absolute Gasteiger partial charge is 0.380 e. The lowest BCUT2D eigenvalue weighted by Crippen LogP contribution is -2.26. The number of nitrogens with one attached hydrogen (secondary N) is 1. The second-order valence-corrected chi connectivity index (χ2v) is 4.91. The summed E-state index contributed by atoms with van der Waals surface area (Å²) >= 11 is 0. The second-order valence-electron chi connectivity index (χ2n) is 4.91. The standard InChI is InChI=1S/C13H16FN/c14-11-3-1-2-4-12(11)15-13-8-9-5-6-10(13)7-9/h1-4,9-10,13,15H,5-8H2/t9-,10+,13+/m1/s1. The van der Waals surface area contributed by atoms with Crippen LogP contribution in [0, 0.1) is 17.7 Å². The smallest absolute Gasteiger partial charge is 0.146 e. The van der Waals surface area contributed by atoms with Gasteiger partial charge >= 0.3 is 0 Å². The molecule has 0 saturated heterocycles. The summed E-state index contributed by atoms with van der Waals surface area (Å²) in [5, 5.41) is 3.37. The zero-order valence-electron chi connectivity index (χ0n) is 8.75. The summed E-state index contributed by atoms with van der Waals surface area (Å²) in [6.45, 7) is 0. The number of hydrogen-bond donors (Lipinski definition) is 1. The lowest BCUT2D eigenvalue weighted by atomic mass is 9.95. The first-order valence-corrected chi connectivity index (χ1v) is 5.84. The molecule has 3 atom stereocenters. The lowest BCUT2D eigenvalue weighted by molar-refractivity contribution is 0.438. The lowest BCUT2D eigenvalue weighted by Gasteiger charge is -2.24. The summed E-state index contributed by atoms with van der Waals surface area (Å²) in [5.41, 5.74) is 0.676. The monoisotopic (exact) mass is 205 g/mol. The number of halogens is 1. The van der Waals surface area contributed by atoms with E-state index in [-0.39, 0.29) is 5.82 Å². The van der Waals surface area contributed by atoms with E-state index in [2.05, 4.69) is 5.32 Å². The van der Waals surface area contributed by atoms with E-state index in [0.717, 1.165) is 11.8 Å². The molecule has 2 aliphatic rings. The van der Waals surface area contributed by atoms with Crippen LogP contribution < -0.4 is 5.32 Å². The van der Waals surface area contributed by atoms with Crippen LogP contribution in [0.25, 0.3) is 0 Å². The predicted octanol–water partition coefficient (Wildman–Crippen LogP) is 3.43. The van der Waals surface area contributed by atoms with Crippen molar-refractivity contribution in [3.05, 3.63) is 30.1 Å². The van der Waals surface area contributed by atoms with Crippen molar-refractivity contribution >= 4 is 5.69 Å². The highest BCUT2D eigenvalue weighted by atomic mass is 19.1. The molecule has 0 heterocycles. The molecule has 1 aromatic rings. The topological polar surface area (TPSA) is 12.0 Å². The first-order valence-electron chi connectivity index (χ1n) is 5.84. The SMILES string of the molecule is Fc1ccccc1N[C@H]1C[C@@H]2CC[C@H]1C2. The van der Waals surface area contributed by atoms with Gasteiger partial charge in [0.25, 0.3) is 0 Å². The Morgan fingerprint density at radius 3 is 2.67 bits per heavy atom. The Morgan fingerprint density at radius 2 is 2.00 bits per heavy atom. The van der Waals surface area contributed by atoms with Crippen molar-refractivity contribution in [2.45, 2.75) is 31.7 Å². The first kappa shape index (κ1) is 9.20. The summed E-state index contributed by atoms with van der Waals surface area (Å²) in [5.74, 6) is 1.56. The summed E-state index contributed by atoms with van der Waals surface area (Å²) in [4.78, 5) is 0. The second kappa shape index (κ2) is 3.51. The number of rotatable bonds is 2.